The minimum atomic E-state index is 1.09. The Kier molecular flexibility index (Phi) is 5.01. The molecule has 0 atom stereocenters. The van der Waals surface area contributed by atoms with Gasteiger partial charge in [0.15, 0.2) is 0 Å². The Balaban J connectivity index is 1.53. The first-order valence-electron chi connectivity index (χ1n) is 13.1. The van der Waals surface area contributed by atoms with Gasteiger partial charge in [-0.2, -0.15) is 0 Å². The van der Waals surface area contributed by atoms with Crippen molar-refractivity contribution < 1.29 is 0 Å². The highest BCUT2D eigenvalue weighted by Gasteiger charge is 2.18. The number of para-hydroxylation sites is 3. The van der Waals surface area contributed by atoms with Crippen molar-refractivity contribution in [2.45, 2.75) is 0 Å². The number of halogens is 1. The summed E-state index contributed by atoms with van der Waals surface area (Å²) in [5, 5.41) is 5.02. The first-order valence-corrected chi connectivity index (χ1v) is 13.9. The molecule has 0 saturated carbocycles. The van der Waals surface area contributed by atoms with Crippen molar-refractivity contribution in [3.05, 3.63) is 144 Å². The van der Waals surface area contributed by atoms with Crippen LogP contribution in [0.25, 0.3) is 66.1 Å². The zero-order chi connectivity index (χ0) is 25.9. The molecule has 0 N–H and O–H groups in total. The van der Waals surface area contributed by atoms with E-state index in [-0.39, 0.29) is 0 Å². The van der Waals surface area contributed by atoms with E-state index in [1.165, 1.54) is 66.1 Å². The molecule has 0 fully saturated rings. The number of fused-ring (bicyclic) bond motifs is 6. The molecular formula is C36H23BrN2. The first-order chi connectivity index (χ1) is 19.3. The Hall–Kier alpha value is -4.60. The third-order valence-corrected chi connectivity index (χ3v) is 8.29. The minimum Gasteiger partial charge on any atom is -0.309 e. The van der Waals surface area contributed by atoms with Crippen molar-refractivity contribution in [2.75, 3.05) is 0 Å². The van der Waals surface area contributed by atoms with Crippen LogP contribution in [0.3, 0.4) is 0 Å². The zero-order valence-corrected chi connectivity index (χ0v) is 22.6. The molecule has 184 valence electrons. The fourth-order valence-electron chi connectivity index (χ4n) is 6.01. The molecule has 2 aromatic heterocycles. The predicted octanol–water partition coefficient (Wildman–Crippen LogP) is 10.3. The molecule has 6 aromatic carbocycles. The van der Waals surface area contributed by atoms with Crippen LogP contribution >= 0.6 is 15.9 Å². The van der Waals surface area contributed by atoms with Crippen molar-refractivity contribution in [1.82, 2.24) is 9.13 Å². The maximum Gasteiger partial charge on any atom is 0.0548 e. The van der Waals surface area contributed by atoms with Crippen LogP contribution in [0.2, 0.25) is 0 Å². The van der Waals surface area contributed by atoms with Crippen LogP contribution in [0, 0.1) is 0 Å². The summed E-state index contributed by atoms with van der Waals surface area (Å²) in [6.07, 6.45) is 0. The van der Waals surface area contributed by atoms with Crippen LogP contribution in [0.5, 0.6) is 0 Å². The van der Waals surface area contributed by atoms with Gasteiger partial charge in [0.25, 0.3) is 0 Å². The average Bonchev–Trinajstić information content (AvgIpc) is 3.49. The fraction of sp³-hybridized carbons (Fsp3) is 0. The third-order valence-electron chi connectivity index (χ3n) is 7.76. The number of benzene rings is 6. The van der Waals surface area contributed by atoms with Gasteiger partial charge in [0.2, 0.25) is 0 Å². The van der Waals surface area contributed by atoms with Gasteiger partial charge in [-0.15, -0.1) is 0 Å². The zero-order valence-electron chi connectivity index (χ0n) is 21.1. The second-order valence-electron chi connectivity index (χ2n) is 9.98. The molecule has 0 unspecified atom stereocenters. The van der Waals surface area contributed by atoms with Gasteiger partial charge in [-0.05, 0) is 77.9 Å². The van der Waals surface area contributed by atoms with E-state index in [1.54, 1.807) is 0 Å². The van der Waals surface area contributed by atoms with E-state index in [4.69, 9.17) is 0 Å². The summed E-state index contributed by atoms with van der Waals surface area (Å²) in [6, 6.07) is 50.3. The van der Waals surface area contributed by atoms with Crippen LogP contribution in [0.4, 0.5) is 0 Å². The summed E-state index contributed by atoms with van der Waals surface area (Å²) < 4.78 is 5.89. The molecule has 2 nitrogen and oxygen atoms in total. The summed E-state index contributed by atoms with van der Waals surface area (Å²) in [5.74, 6) is 0. The van der Waals surface area contributed by atoms with Crippen LogP contribution in [-0.4, -0.2) is 9.13 Å². The van der Waals surface area contributed by atoms with Gasteiger partial charge in [0.1, 0.15) is 0 Å². The van der Waals surface area contributed by atoms with Gasteiger partial charge in [-0.25, -0.2) is 0 Å². The van der Waals surface area contributed by atoms with Gasteiger partial charge in [-0.1, -0.05) is 88.7 Å². The molecule has 0 aliphatic heterocycles. The summed E-state index contributed by atoms with van der Waals surface area (Å²) >= 11 is 3.58. The standard InChI is InChI=1S/C36H23BrN2/c37-26-18-15-24(16-19-26)25-17-20-34-30(21-25)32-23-35-31(22-36(32)39(34)28-11-5-2-6-12-28)29-13-7-8-14-33(29)38(35)27-9-3-1-4-10-27/h1-23H. The molecule has 8 aromatic rings. The van der Waals surface area contributed by atoms with Gasteiger partial charge < -0.3 is 9.13 Å². The molecule has 39 heavy (non-hydrogen) atoms. The van der Waals surface area contributed by atoms with E-state index in [0.717, 1.165) is 4.47 Å². The lowest BCUT2D eigenvalue weighted by Crippen LogP contribution is -1.94. The van der Waals surface area contributed by atoms with E-state index in [1.807, 2.05) is 0 Å². The monoisotopic (exact) mass is 562 g/mol. The molecule has 0 aliphatic carbocycles. The summed E-state index contributed by atoms with van der Waals surface area (Å²) in [6.45, 7) is 0. The normalized spacial score (nSPS) is 11.7. The number of rotatable bonds is 3. The molecule has 0 saturated heterocycles. The molecule has 2 heterocycles. The van der Waals surface area contributed by atoms with Gasteiger partial charge >= 0.3 is 0 Å². The summed E-state index contributed by atoms with van der Waals surface area (Å²) in [5.41, 5.74) is 9.62. The van der Waals surface area contributed by atoms with E-state index >= 15 is 0 Å². The van der Waals surface area contributed by atoms with Crippen LogP contribution in [0.15, 0.2) is 144 Å². The molecule has 0 radical (unpaired) electrons. The first kappa shape index (κ1) is 22.4. The number of aromatic nitrogens is 2. The maximum atomic E-state index is 3.58. The molecule has 0 spiro atoms. The third kappa shape index (κ3) is 3.47. The molecule has 8 rings (SSSR count). The number of hydrogen-bond acceptors (Lipinski definition) is 0. The van der Waals surface area contributed by atoms with Crippen LogP contribution in [-0.2, 0) is 0 Å². The van der Waals surface area contributed by atoms with E-state index in [0.29, 0.717) is 0 Å². The largest absolute Gasteiger partial charge is 0.309 e. The SMILES string of the molecule is Brc1ccc(-c2ccc3c(c2)c2cc4c(cc2n3-c2ccccc2)c2ccccc2n4-c2ccccc2)cc1. The van der Waals surface area contributed by atoms with Gasteiger partial charge in [0, 0.05) is 37.4 Å². The highest BCUT2D eigenvalue weighted by atomic mass is 79.9. The molecule has 3 heteroatoms. The highest BCUT2D eigenvalue weighted by molar-refractivity contribution is 9.10. The van der Waals surface area contributed by atoms with Gasteiger partial charge in [-0.3, -0.25) is 0 Å². The lowest BCUT2D eigenvalue weighted by Gasteiger charge is -2.09. The second-order valence-corrected chi connectivity index (χ2v) is 10.9. The Morgan fingerprint density at radius 1 is 0.359 bits per heavy atom. The van der Waals surface area contributed by atoms with E-state index in [2.05, 4.69) is 165 Å². The quantitative estimate of drug-likeness (QED) is 0.202. The molecule has 0 aliphatic rings. The lowest BCUT2D eigenvalue weighted by molar-refractivity contribution is 1.17. The minimum absolute atomic E-state index is 1.09. The Morgan fingerprint density at radius 2 is 0.846 bits per heavy atom. The smallest absolute Gasteiger partial charge is 0.0548 e. The average molecular weight is 563 g/mol. The Labute approximate surface area is 234 Å². The topological polar surface area (TPSA) is 9.86 Å². The second kappa shape index (κ2) is 8.72. The summed E-state index contributed by atoms with van der Waals surface area (Å²) in [7, 11) is 0. The lowest BCUT2D eigenvalue weighted by atomic mass is 10.0. The van der Waals surface area contributed by atoms with E-state index in [9.17, 15) is 0 Å². The van der Waals surface area contributed by atoms with Crippen molar-refractivity contribution >= 4 is 59.5 Å². The van der Waals surface area contributed by atoms with Crippen molar-refractivity contribution in [3.8, 4) is 22.5 Å². The maximum absolute atomic E-state index is 3.58. The van der Waals surface area contributed by atoms with E-state index < -0.39 is 0 Å². The fourth-order valence-corrected chi connectivity index (χ4v) is 6.28. The van der Waals surface area contributed by atoms with Crippen molar-refractivity contribution in [3.63, 3.8) is 0 Å². The molecular weight excluding hydrogens is 540 g/mol. The number of nitrogens with zero attached hydrogens (tertiary/aromatic N) is 2. The predicted molar refractivity (Wildman–Crippen MR) is 168 cm³/mol. The van der Waals surface area contributed by atoms with Crippen LogP contribution in [0.1, 0.15) is 0 Å². The number of hydrogen-bond donors (Lipinski definition) is 0. The van der Waals surface area contributed by atoms with Crippen molar-refractivity contribution in [2.24, 2.45) is 0 Å². The van der Waals surface area contributed by atoms with Crippen LogP contribution < -0.4 is 0 Å². The molecule has 0 bridgehead atoms. The highest BCUT2D eigenvalue weighted by Crippen LogP contribution is 2.40. The summed E-state index contributed by atoms with van der Waals surface area (Å²) in [4.78, 5) is 0. The molecule has 0 amide bonds. The Bertz CT molecular complexity index is 2150. The Morgan fingerprint density at radius 3 is 1.49 bits per heavy atom. The van der Waals surface area contributed by atoms with Crippen molar-refractivity contribution in [1.29, 1.82) is 0 Å². The van der Waals surface area contributed by atoms with Gasteiger partial charge in [0.05, 0.1) is 22.1 Å².